The Labute approximate surface area is 863 Å². The van der Waals surface area contributed by atoms with E-state index in [1.807, 2.05) is 6.92 Å². The van der Waals surface area contributed by atoms with E-state index in [1.54, 1.807) is 20.8 Å². The molecule has 135 heavy (non-hydrogen) atoms. The van der Waals surface area contributed by atoms with Crippen molar-refractivity contribution in [3.63, 3.8) is 0 Å². The van der Waals surface area contributed by atoms with Crippen molar-refractivity contribution in [1.82, 2.24) is 4.90 Å². The fourth-order valence-electron chi connectivity index (χ4n) is 23.0. The van der Waals surface area contributed by atoms with Crippen LogP contribution in [-0.4, -0.2) is 185 Å². The van der Waals surface area contributed by atoms with Crippen molar-refractivity contribution >= 4 is 75.1 Å². The Morgan fingerprint density at radius 1 is 0.370 bits per heavy atom. The third-order valence-electron chi connectivity index (χ3n) is 31.8. The van der Waals surface area contributed by atoms with E-state index in [1.165, 1.54) is 355 Å². The number of rotatable bonds is 39. The number of ether oxygens (including phenoxy) is 8. The summed E-state index contributed by atoms with van der Waals surface area (Å²) in [5, 5.41) is 28.0. The van der Waals surface area contributed by atoms with Gasteiger partial charge >= 0.3 is 48.2 Å². The zero-order valence-corrected chi connectivity index (χ0v) is 89.7. The summed E-state index contributed by atoms with van der Waals surface area (Å²) in [4.78, 5) is 69.1. The van der Waals surface area contributed by atoms with Crippen LogP contribution in [0.2, 0.25) is 0 Å². The van der Waals surface area contributed by atoms with Crippen molar-refractivity contribution in [3.05, 3.63) is 24.3 Å². The van der Waals surface area contributed by atoms with Crippen LogP contribution < -0.4 is 18.9 Å². The molecule has 3 heterocycles. The second-order valence-corrected chi connectivity index (χ2v) is 41.8. The first-order valence-corrected chi connectivity index (χ1v) is 55.8. The van der Waals surface area contributed by atoms with Gasteiger partial charge in [0.05, 0.1) is 34.0 Å². The molecule has 0 spiro atoms. The summed E-state index contributed by atoms with van der Waals surface area (Å²) in [7, 11) is 2.58. The molecule has 0 aromatic rings. The number of unbranched alkanes of at least 4 members (excludes halogenated alkanes) is 8. The first-order chi connectivity index (χ1) is 63.9. The first-order valence-electron chi connectivity index (χ1n) is 55.0. The topological polar surface area (TPSA) is 240 Å². The first kappa shape index (κ1) is 135. The molecule has 3 aliphatic heterocycles. The number of aliphatic hydroxyl groups excluding tert-OH is 3. The molecular weight excluding hydrogens is 1750 g/mol. The van der Waals surface area contributed by atoms with Crippen molar-refractivity contribution in [3.8, 4) is 0 Å². The molecule has 790 valence electrons. The van der Waals surface area contributed by atoms with Gasteiger partial charge in [-0.25, -0.2) is 9.59 Å². The second kappa shape index (κ2) is 88.4. The molecule has 0 aromatic heterocycles. The summed E-state index contributed by atoms with van der Waals surface area (Å²) in [5.41, 5.74) is 0.0439. The van der Waals surface area contributed by atoms with Crippen molar-refractivity contribution < 1.29 is 102 Å². The number of esters is 4. The number of hydrogen-bond acceptors (Lipinski definition) is 18. The van der Waals surface area contributed by atoms with E-state index in [9.17, 15) is 44.1 Å². The predicted octanol–water partition coefficient (Wildman–Crippen LogP) is 25.0. The van der Waals surface area contributed by atoms with Gasteiger partial charge in [0, 0.05) is 100 Å². The van der Waals surface area contributed by atoms with E-state index >= 15 is 0 Å². The van der Waals surface area contributed by atoms with Crippen LogP contribution in [-0.2, 0) is 61.9 Å². The van der Waals surface area contributed by atoms with Gasteiger partial charge in [0.2, 0.25) is 5.24 Å². The van der Waals surface area contributed by atoms with Gasteiger partial charge in [0.15, 0.2) is 23.3 Å². The molecule has 3 saturated heterocycles. The molecule has 11 aliphatic rings. The molecule has 8 aliphatic carbocycles. The monoisotopic (exact) mass is 1960 g/mol. The van der Waals surface area contributed by atoms with Gasteiger partial charge in [0.25, 0.3) is 0 Å². The van der Waals surface area contributed by atoms with Crippen molar-refractivity contribution in [2.75, 3.05) is 113 Å². The summed E-state index contributed by atoms with van der Waals surface area (Å²) in [6.07, 6.45) is 73.5. The van der Waals surface area contributed by atoms with Gasteiger partial charge in [-0.1, -0.05) is 223 Å². The van der Waals surface area contributed by atoms with Crippen LogP contribution in [0.5, 0.6) is 0 Å². The van der Waals surface area contributed by atoms with E-state index < -0.39 is 28.5 Å². The third kappa shape index (κ3) is 63.1. The maximum atomic E-state index is 12.2. The van der Waals surface area contributed by atoms with Gasteiger partial charge < -0.3 is 59.5 Å². The van der Waals surface area contributed by atoms with Crippen LogP contribution in [0.25, 0.3) is 0 Å². The zero-order chi connectivity index (χ0) is 97.3. The summed E-state index contributed by atoms with van der Waals surface area (Å²) in [6.45, 7) is 40.7. The van der Waals surface area contributed by atoms with Gasteiger partial charge in [-0.2, -0.15) is 0 Å². The fourth-order valence-corrected chi connectivity index (χ4v) is 23.0. The Morgan fingerprint density at radius 2 is 0.630 bits per heavy atom. The predicted molar refractivity (Wildman–Crippen MR) is 563 cm³/mol. The molecule has 0 bridgehead atoms. The van der Waals surface area contributed by atoms with Gasteiger partial charge in [-0.3, -0.25) is 19.2 Å². The smallest absolute Gasteiger partial charge is 1.00 e. The number of carbonyl (C=O) groups excluding carboxylic acids is 6. The largest absolute Gasteiger partial charge is 1.00 e. The van der Waals surface area contributed by atoms with Crippen LogP contribution in [0.1, 0.15) is 438 Å². The van der Waals surface area contributed by atoms with Crippen LogP contribution in [0.15, 0.2) is 24.3 Å². The van der Waals surface area contributed by atoms with Crippen LogP contribution in [0.3, 0.4) is 0 Å². The van der Waals surface area contributed by atoms with E-state index in [-0.39, 0.29) is 94.6 Å². The number of allylic oxidation sites excluding steroid dienone is 1. The Balaban J connectivity index is -0.00000154. The Kier molecular flexibility index (Phi) is 88.4. The van der Waals surface area contributed by atoms with Crippen molar-refractivity contribution in [1.29, 1.82) is 0 Å². The molecule has 0 radical (unpaired) electrons. The number of nitrogens with zero attached hydrogens (tertiary/aromatic N) is 1. The Morgan fingerprint density at radius 3 is 0.837 bits per heavy atom. The SMILES string of the molecule is C.C1CCOC1.C1CCOC1.C1CCOC1.C=C(C)C(=O)Cl.C=C(C)C(=O)OCC(CO)C1CCC(C2CCC(CCCCC)CC2)CC1.CCCCCC1CCC(C2CCC(C(C(=O)OC)C(=O)OCC)CC2)CC1.CCCCCC1CCC(C2CCC(C(CO)CO)CC2)CC1.CCCCCC1CCC(C2CCC(CC(=O)OCC)CC2)CC1.CCN(CC)CC.COC(=O)Cl.[AlH3].[H-].[Li+]. The quantitative estimate of drug-likeness (QED) is 0.00986. The van der Waals surface area contributed by atoms with Crippen LogP contribution >= 0.6 is 23.2 Å². The van der Waals surface area contributed by atoms with E-state index in [0.29, 0.717) is 55.1 Å². The summed E-state index contributed by atoms with van der Waals surface area (Å²) >= 11 is 9.48. The second-order valence-electron chi connectivity index (χ2n) is 41.2. The van der Waals surface area contributed by atoms with Crippen LogP contribution in [0, 0.1) is 112 Å². The average Bonchev–Trinajstić information content (AvgIpc) is 0.823. The minimum absolute atomic E-state index is 0. The number of aliphatic hydroxyl groups is 3. The molecule has 8 saturated carbocycles. The van der Waals surface area contributed by atoms with E-state index in [4.69, 9.17) is 44.8 Å². The van der Waals surface area contributed by atoms with Gasteiger partial charge in [-0.05, 0) is 346 Å². The fraction of sp³-hybridized carbons (Fsp3) is 0.912. The molecule has 0 amide bonds. The molecule has 2 atom stereocenters. The molecule has 11 fully saturated rings. The van der Waals surface area contributed by atoms with Gasteiger partial charge in [0.1, 0.15) is 0 Å². The minimum atomic E-state index is -0.773. The number of carbonyl (C=O) groups is 6. The summed E-state index contributed by atoms with van der Waals surface area (Å²) in [6, 6.07) is 0. The van der Waals surface area contributed by atoms with E-state index in [0.717, 1.165) is 136 Å². The Bertz CT molecular complexity index is 2750. The summed E-state index contributed by atoms with van der Waals surface area (Å²) in [5.74, 6) is 11.4. The molecule has 0 aromatic carbocycles. The maximum absolute atomic E-state index is 12.2. The number of methoxy groups -OCH3 is 2. The van der Waals surface area contributed by atoms with E-state index in [2.05, 4.69) is 82.9 Å². The van der Waals surface area contributed by atoms with Crippen molar-refractivity contribution in [2.45, 2.75) is 437 Å². The standard InChI is InChI=1S/C24H42O3.C23H40O4.C21H38O2.C20H38O2.C6H15N.C4H5ClO.3C4H8O.C2H3ClO2.CH4.Al.Li.4H/c1-4-5-6-7-19-8-10-20(11-9-19)21-12-14-22(15-13-21)23(16-25)17-27-24(26)18(2)3;1-4-6-7-8-17-9-11-18(12-10-17)19-13-15-20(16-14-19)21(22(24)26-3)23(25)27-5-2;1-3-5-6-7-17-8-12-19(13-9-17)20-14-10-18(11-15-20)16-21(22)23-4-2;1-2-3-4-5-16-6-8-17(9-7-16)18-10-12-19(13-11-18)20(14-21)15-22;1-4-7(5-2)6-3;1-3(2)4(5)6;3*1-2-4-5-3-1;1-5-2(3)4;;;;;;;/h19-23,25H,2,4-17H2,1,3H3;17-21H,4-16H2,1-3H3;17-20H,3-16H2,1-2H3;16-22H,2-15H2,1H3;4-6H2,1-3H3;1H2,2H3;3*1-4H2;1H3;1H4;;;;;;/q;;;;;;;;;;;;+1;;;;-1. The molecule has 3 N–H and O–H groups in total. The Hall–Kier alpha value is -2.07. The third-order valence-corrected chi connectivity index (χ3v) is 32.3. The molecule has 18 nitrogen and oxygen atoms in total. The van der Waals surface area contributed by atoms with Crippen molar-refractivity contribution in [2.24, 2.45) is 112 Å². The molecule has 11 rings (SSSR count). The molecular formula is C113H213AlCl2LiNO17. The van der Waals surface area contributed by atoms with Gasteiger partial charge in [-0.15, -0.1) is 0 Å². The zero-order valence-electron chi connectivity index (χ0n) is 89.1. The molecule has 22 heteroatoms. The minimum Gasteiger partial charge on any atom is -1.00 e. The number of halogens is 2. The normalized spacial score (nSPS) is 26.5. The molecule has 2 unspecified atom stereocenters. The number of hydrogen-bond donors (Lipinski definition) is 3. The maximum Gasteiger partial charge on any atom is 1.00 e. The average molecular weight is 1960 g/mol. The summed E-state index contributed by atoms with van der Waals surface area (Å²) < 4.78 is 39.1. The van der Waals surface area contributed by atoms with Crippen LogP contribution in [0.4, 0.5) is 4.79 Å².